The SMILES string of the molecule is CC(C)N(CCc1ccccc1)C(C)CCC(C#N)(c1ccccc1C(F)(F)F)C1CC1. The highest BCUT2D eigenvalue weighted by Gasteiger charge is 2.50. The largest absolute Gasteiger partial charge is 0.416 e. The first-order valence-electron chi connectivity index (χ1n) is 11.6. The van der Waals surface area contributed by atoms with Gasteiger partial charge >= 0.3 is 6.18 Å². The van der Waals surface area contributed by atoms with Crippen LogP contribution in [0.5, 0.6) is 0 Å². The standard InChI is InChI=1S/C27H33F3N2/c1-20(2)32(18-16-22-9-5-4-6-10-22)21(3)15-17-26(19-31,23-13-14-23)24-11-7-8-12-25(24)27(28,29)30/h4-12,20-21,23H,13-18H2,1-3H3. The zero-order valence-corrected chi connectivity index (χ0v) is 19.2. The average molecular weight is 443 g/mol. The molecule has 1 saturated carbocycles. The molecule has 0 heterocycles. The third-order valence-corrected chi connectivity index (χ3v) is 6.87. The molecule has 0 amide bonds. The lowest BCUT2D eigenvalue weighted by molar-refractivity contribution is -0.138. The zero-order chi connectivity index (χ0) is 23.4. The number of hydrogen-bond acceptors (Lipinski definition) is 2. The minimum atomic E-state index is -4.46. The normalized spacial score (nSPS) is 17.2. The molecule has 32 heavy (non-hydrogen) atoms. The summed E-state index contributed by atoms with van der Waals surface area (Å²) in [6, 6.07) is 18.8. The fourth-order valence-electron chi connectivity index (χ4n) is 4.95. The van der Waals surface area contributed by atoms with E-state index in [1.54, 1.807) is 6.07 Å². The van der Waals surface area contributed by atoms with E-state index in [-0.39, 0.29) is 17.5 Å². The molecule has 0 aromatic heterocycles. The van der Waals surface area contributed by atoms with Crippen LogP contribution in [-0.4, -0.2) is 23.5 Å². The van der Waals surface area contributed by atoms with E-state index < -0.39 is 17.2 Å². The van der Waals surface area contributed by atoms with Gasteiger partial charge in [0, 0.05) is 18.6 Å². The molecule has 5 heteroatoms. The molecule has 0 spiro atoms. The molecule has 2 aromatic carbocycles. The number of benzene rings is 2. The Morgan fingerprint density at radius 3 is 2.09 bits per heavy atom. The van der Waals surface area contributed by atoms with Crippen molar-refractivity contribution in [2.75, 3.05) is 6.54 Å². The van der Waals surface area contributed by atoms with Crippen molar-refractivity contribution in [2.24, 2.45) is 5.92 Å². The van der Waals surface area contributed by atoms with Gasteiger partial charge in [0.15, 0.2) is 0 Å². The van der Waals surface area contributed by atoms with Gasteiger partial charge in [-0.15, -0.1) is 0 Å². The zero-order valence-electron chi connectivity index (χ0n) is 19.2. The molecule has 1 aliphatic rings. The van der Waals surface area contributed by atoms with Crippen LogP contribution in [0.15, 0.2) is 54.6 Å². The van der Waals surface area contributed by atoms with E-state index in [1.807, 2.05) is 18.2 Å². The summed E-state index contributed by atoms with van der Waals surface area (Å²) >= 11 is 0. The van der Waals surface area contributed by atoms with Crippen molar-refractivity contribution < 1.29 is 13.2 Å². The monoisotopic (exact) mass is 442 g/mol. The van der Waals surface area contributed by atoms with Crippen LogP contribution in [0.25, 0.3) is 0 Å². The van der Waals surface area contributed by atoms with Gasteiger partial charge < -0.3 is 0 Å². The quantitative estimate of drug-likeness (QED) is 0.396. The van der Waals surface area contributed by atoms with Gasteiger partial charge in [-0.3, -0.25) is 4.90 Å². The molecule has 2 nitrogen and oxygen atoms in total. The van der Waals surface area contributed by atoms with Gasteiger partial charge in [-0.05, 0) is 76.0 Å². The second-order valence-corrected chi connectivity index (χ2v) is 9.36. The summed E-state index contributed by atoms with van der Waals surface area (Å²) in [7, 11) is 0. The molecule has 2 unspecified atom stereocenters. The van der Waals surface area contributed by atoms with Gasteiger partial charge in [0.05, 0.1) is 17.0 Å². The van der Waals surface area contributed by atoms with Gasteiger partial charge in [0.1, 0.15) is 0 Å². The van der Waals surface area contributed by atoms with E-state index in [4.69, 9.17) is 0 Å². The minimum absolute atomic E-state index is 0.0000174. The molecule has 3 rings (SSSR count). The van der Waals surface area contributed by atoms with E-state index in [1.165, 1.54) is 17.7 Å². The molecule has 2 aromatic rings. The first kappa shape index (κ1) is 24.3. The summed E-state index contributed by atoms with van der Waals surface area (Å²) in [6.45, 7) is 7.32. The Kier molecular flexibility index (Phi) is 7.67. The van der Waals surface area contributed by atoms with Crippen LogP contribution >= 0.6 is 0 Å². The maximum Gasteiger partial charge on any atom is 0.416 e. The molecular weight excluding hydrogens is 409 g/mol. The lowest BCUT2D eigenvalue weighted by Gasteiger charge is -2.36. The maximum absolute atomic E-state index is 13.8. The van der Waals surface area contributed by atoms with Crippen molar-refractivity contribution in [3.63, 3.8) is 0 Å². The number of nitrogens with zero attached hydrogens (tertiary/aromatic N) is 2. The van der Waals surface area contributed by atoms with E-state index in [0.717, 1.165) is 31.9 Å². The van der Waals surface area contributed by atoms with Gasteiger partial charge in [-0.25, -0.2) is 0 Å². The van der Waals surface area contributed by atoms with Crippen molar-refractivity contribution in [2.45, 2.75) is 76.6 Å². The molecule has 2 atom stereocenters. The van der Waals surface area contributed by atoms with Crippen LogP contribution in [0.4, 0.5) is 13.2 Å². The fourth-order valence-corrected chi connectivity index (χ4v) is 4.95. The second-order valence-electron chi connectivity index (χ2n) is 9.36. The smallest absolute Gasteiger partial charge is 0.298 e. The van der Waals surface area contributed by atoms with E-state index in [2.05, 4.69) is 43.9 Å². The minimum Gasteiger partial charge on any atom is -0.298 e. The lowest BCUT2D eigenvalue weighted by atomic mass is 9.71. The predicted molar refractivity (Wildman–Crippen MR) is 122 cm³/mol. The molecule has 0 saturated heterocycles. The summed E-state index contributed by atoms with van der Waals surface area (Å²) in [5.41, 5.74) is -0.313. The number of nitriles is 1. The van der Waals surface area contributed by atoms with Crippen molar-refractivity contribution in [3.8, 4) is 6.07 Å². The topological polar surface area (TPSA) is 27.0 Å². The molecule has 0 radical (unpaired) electrons. The van der Waals surface area contributed by atoms with Gasteiger partial charge in [0.25, 0.3) is 0 Å². The summed E-state index contributed by atoms with van der Waals surface area (Å²) in [4.78, 5) is 2.40. The molecule has 1 fully saturated rings. The maximum atomic E-state index is 13.8. The Morgan fingerprint density at radius 2 is 1.56 bits per heavy atom. The Labute approximate surface area is 190 Å². The summed E-state index contributed by atoms with van der Waals surface area (Å²) in [5, 5.41) is 10.2. The third-order valence-electron chi connectivity index (χ3n) is 6.87. The first-order chi connectivity index (χ1) is 15.2. The number of rotatable bonds is 10. The van der Waals surface area contributed by atoms with E-state index >= 15 is 0 Å². The van der Waals surface area contributed by atoms with E-state index in [9.17, 15) is 18.4 Å². The fraction of sp³-hybridized carbons (Fsp3) is 0.519. The van der Waals surface area contributed by atoms with Crippen LogP contribution in [0.1, 0.15) is 63.1 Å². The van der Waals surface area contributed by atoms with Crippen LogP contribution in [-0.2, 0) is 18.0 Å². The summed E-state index contributed by atoms with van der Waals surface area (Å²) in [6.07, 6.45) is -0.780. The number of alkyl halides is 3. The third kappa shape index (κ3) is 5.53. The van der Waals surface area contributed by atoms with Gasteiger partial charge in [-0.1, -0.05) is 48.5 Å². The van der Waals surface area contributed by atoms with Crippen molar-refractivity contribution >= 4 is 0 Å². The molecular formula is C27H33F3N2. The van der Waals surface area contributed by atoms with Crippen LogP contribution < -0.4 is 0 Å². The molecule has 0 bridgehead atoms. The predicted octanol–water partition coefficient (Wildman–Crippen LogP) is 7.00. The van der Waals surface area contributed by atoms with Crippen LogP contribution in [0, 0.1) is 17.2 Å². The molecule has 0 N–H and O–H groups in total. The summed E-state index contributed by atoms with van der Waals surface area (Å²) in [5.74, 6) is 0.0000174. The highest BCUT2D eigenvalue weighted by Crippen LogP contribution is 2.52. The first-order valence-corrected chi connectivity index (χ1v) is 11.6. The van der Waals surface area contributed by atoms with Crippen molar-refractivity contribution in [3.05, 3.63) is 71.3 Å². The van der Waals surface area contributed by atoms with Crippen molar-refractivity contribution in [1.29, 1.82) is 5.26 Å². The number of halogens is 3. The number of hydrogen-bond donors (Lipinski definition) is 0. The Hall–Kier alpha value is -2.32. The van der Waals surface area contributed by atoms with E-state index in [0.29, 0.717) is 18.9 Å². The molecule has 172 valence electrons. The van der Waals surface area contributed by atoms with Gasteiger partial charge in [-0.2, -0.15) is 18.4 Å². The highest BCUT2D eigenvalue weighted by atomic mass is 19.4. The highest BCUT2D eigenvalue weighted by molar-refractivity contribution is 5.43. The molecule has 1 aliphatic carbocycles. The summed E-state index contributed by atoms with van der Waals surface area (Å²) < 4.78 is 41.3. The Morgan fingerprint density at radius 1 is 0.969 bits per heavy atom. The Bertz CT molecular complexity index is 912. The second kappa shape index (κ2) is 10.1. The lowest BCUT2D eigenvalue weighted by Crippen LogP contribution is -2.41. The van der Waals surface area contributed by atoms with Gasteiger partial charge in [0.2, 0.25) is 0 Å². The molecule has 0 aliphatic heterocycles. The Balaban J connectivity index is 1.79. The van der Waals surface area contributed by atoms with Crippen LogP contribution in [0.2, 0.25) is 0 Å². The average Bonchev–Trinajstić information content (AvgIpc) is 3.61. The van der Waals surface area contributed by atoms with Crippen molar-refractivity contribution in [1.82, 2.24) is 4.90 Å². The van der Waals surface area contributed by atoms with Crippen LogP contribution in [0.3, 0.4) is 0 Å².